The largest absolute Gasteiger partial charge is 0.461 e. The number of nitrogens with two attached hydrogens (primary N) is 1. The quantitative estimate of drug-likeness (QED) is 0.321. The Bertz CT molecular complexity index is 998. The van der Waals surface area contributed by atoms with Crippen LogP contribution in [0.1, 0.15) is 51.9 Å². The van der Waals surface area contributed by atoms with Crippen LogP contribution in [-0.4, -0.2) is 54.2 Å². The zero-order chi connectivity index (χ0) is 26.0. The number of hydrogen-bond donors (Lipinski definition) is 2. The predicted octanol–water partition coefficient (Wildman–Crippen LogP) is 4.35. The Balaban J connectivity index is 1.33. The molecule has 3 N–H and O–H groups in total. The van der Waals surface area contributed by atoms with E-state index in [1.807, 2.05) is 30.3 Å². The smallest absolute Gasteiger partial charge is 0.323 e. The molecule has 10 nitrogen and oxygen atoms in total. The molecule has 4 rings (SSSR count). The van der Waals surface area contributed by atoms with E-state index >= 15 is 0 Å². The normalized spacial score (nSPS) is 24.9. The molecule has 11 heteroatoms. The highest BCUT2D eigenvalue weighted by atomic mass is 31.2. The maximum absolute atomic E-state index is 12.7. The number of carbonyl (C=O) groups excluding carboxylic acids is 1. The van der Waals surface area contributed by atoms with Gasteiger partial charge in [0, 0.05) is 0 Å². The molecule has 3 unspecified atom stereocenters. The van der Waals surface area contributed by atoms with Crippen LogP contribution in [0.2, 0.25) is 0 Å². The van der Waals surface area contributed by atoms with Crippen molar-refractivity contribution in [1.82, 2.24) is 10.1 Å². The molecule has 0 spiro atoms. The summed E-state index contributed by atoms with van der Waals surface area (Å²) in [6.07, 6.45) is 11.1. The number of nitrogens with one attached hydrogen (secondary N) is 1. The first kappa shape index (κ1) is 27.3. The molecule has 2 fully saturated rings. The van der Waals surface area contributed by atoms with Gasteiger partial charge in [-0.05, 0) is 63.7 Å². The minimum absolute atomic E-state index is 0.00642. The number of carbonyl (C=O) groups is 1. The topological polar surface area (TPSA) is 120 Å². The molecule has 1 aromatic carbocycles. The summed E-state index contributed by atoms with van der Waals surface area (Å²) in [6.45, 7) is 5.80. The molecule has 37 heavy (non-hydrogen) atoms. The minimum Gasteiger partial charge on any atom is -0.461 e. The third-order valence-corrected chi connectivity index (χ3v) is 7.67. The molecule has 1 aromatic rings. The maximum atomic E-state index is 12.7. The van der Waals surface area contributed by atoms with Crippen molar-refractivity contribution in [2.45, 2.75) is 76.3 Å². The van der Waals surface area contributed by atoms with Gasteiger partial charge in [0.2, 0.25) is 0 Å². The summed E-state index contributed by atoms with van der Waals surface area (Å²) >= 11 is 0. The maximum Gasteiger partial charge on any atom is 0.323 e. The van der Waals surface area contributed by atoms with Crippen molar-refractivity contribution in [3.8, 4) is 5.75 Å². The van der Waals surface area contributed by atoms with Crippen LogP contribution in [0.4, 0.5) is 0 Å². The Labute approximate surface area is 219 Å². The highest BCUT2D eigenvalue weighted by Gasteiger charge is 2.34. The van der Waals surface area contributed by atoms with Crippen molar-refractivity contribution in [3.05, 3.63) is 54.8 Å². The molecular weight excluding hydrogens is 493 g/mol. The predicted molar refractivity (Wildman–Crippen MR) is 144 cm³/mol. The Morgan fingerprint density at radius 1 is 1.27 bits per heavy atom. The third kappa shape index (κ3) is 7.85. The van der Waals surface area contributed by atoms with E-state index in [1.54, 1.807) is 24.1 Å². The van der Waals surface area contributed by atoms with Gasteiger partial charge in [-0.2, -0.15) is 5.10 Å². The van der Waals surface area contributed by atoms with Crippen LogP contribution in [0.3, 0.4) is 0 Å². The lowest BCUT2D eigenvalue weighted by molar-refractivity contribution is -0.152. The fourth-order valence-electron chi connectivity index (χ4n) is 4.36. The number of ether oxygens (including phenoxy) is 2. The van der Waals surface area contributed by atoms with Crippen molar-refractivity contribution >= 4 is 26.7 Å². The van der Waals surface area contributed by atoms with Crippen LogP contribution >= 0.6 is 8.53 Å². The molecule has 2 heterocycles. The van der Waals surface area contributed by atoms with Gasteiger partial charge in [-0.25, -0.2) is 15.1 Å². The van der Waals surface area contributed by atoms with Gasteiger partial charge in [-0.3, -0.25) is 4.79 Å². The van der Waals surface area contributed by atoms with Gasteiger partial charge >= 0.3 is 14.5 Å². The van der Waals surface area contributed by atoms with Gasteiger partial charge in [0.05, 0.1) is 12.7 Å². The Hall–Kier alpha value is -2.78. The summed E-state index contributed by atoms with van der Waals surface area (Å²) in [4.78, 5) is 16.8. The molecule has 0 amide bonds. The highest BCUT2D eigenvalue weighted by Crippen LogP contribution is 2.38. The number of hydrogen-bond acceptors (Lipinski definition) is 10. The van der Waals surface area contributed by atoms with Crippen molar-refractivity contribution in [3.63, 3.8) is 0 Å². The van der Waals surface area contributed by atoms with Crippen molar-refractivity contribution in [1.29, 1.82) is 0 Å². The summed E-state index contributed by atoms with van der Waals surface area (Å²) in [6, 6.07) is 8.80. The number of allylic oxidation sites excluding steroid dienone is 2. The number of esters is 1. The number of rotatable bonds is 11. The lowest BCUT2D eigenvalue weighted by Crippen LogP contribution is -2.38. The first-order valence-corrected chi connectivity index (χ1v) is 14.0. The standard InChI is InChI=1S/C26H36N5O5P/c1-3-10-23-25(27)28-18-29-31(23)24-16-15-22(34-24)17-33-37(36-21-13-8-5-9-14-21)30-19(2)26(32)35-20-11-6-4-7-12-20/h3,5,8-10,13-14,18-20,22,24,30H,1,4,6-7,11-12,15-17H2,2H3,(H2,27,28,29)/b23-10-/t19?,22?,24-,37?/m1/s1. The Kier molecular flexibility index (Phi) is 10.1. The van der Waals surface area contributed by atoms with E-state index < -0.39 is 14.6 Å². The summed E-state index contributed by atoms with van der Waals surface area (Å²) < 4.78 is 24.1. The summed E-state index contributed by atoms with van der Waals surface area (Å²) in [7, 11) is -1.64. The van der Waals surface area contributed by atoms with Crippen molar-refractivity contribution in [2.75, 3.05) is 6.61 Å². The van der Waals surface area contributed by atoms with Gasteiger partial charge < -0.3 is 24.3 Å². The van der Waals surface area contributed by atoms with Crippen LogP contribution in [0.15, 0.2) is 64.9 Å². The van der Waals surface area contributed by atoms with Crippen LogP contribution in [0, 0.1) is 0 Å². The van der Waals surface area contributed by atoms with Crippen molar-refractivity contribution < 1.29 is 23.3 Å². The Morgan fingerprint density at radius 2 is 2.05 bits per heavy atom. The minimum atomic E-state index is -1.64. The van der Waals surface area contributed by atoms with E-state index in [0.717, 1.165) is 38.5 Å². The lowest BCUT2D eigenvalue weighted by Gasteiger charge is -2.29. The first-order valence-electron chi connectivity index (χ1n) is 12.8. The molecule has 1 saturated carbocycles. The number of benzene rings is 1. The van der Waals surface area contributed by atoms with E-state index in [0.29, 0.717) is 17.3 Å². The average Bonchev–Trinajstić information content (AvgIpc) is 3.38. The van der Waals surface area contributed by atoms with Crippen LogP contribution in [-0.2, 0) is 18.8 Å². The monoisotopic (exact) mass is 529 g/mol. The molecule has 4 atom stereocenters. The average molecular weight is 530 g/mol. The highest BCUT2D eigenvalue weighted by molar-refractivity contribution is 7.45. The summed E-state index contributed by atoms with van der Waals surface area (Å²) in [5, 5.41) is 9.23. The van der Waals surface area contributed by atoms with E-state index in [-0.39, 0.29) is 31.0 Å². The van der Waals surface area contributed by atoms with Crippen LogP contribution in [0.25, 0.3) is 0 Å². The van der Waals surface area contributed by atoms with Gasteiger partial charge in [-0.1, -0.05) is 37.3 Å². The second-order valence-electron chi connectivity index (χ2n) is 9.17. The van der Waals surface area contributed by atoms with E-state index in [2.05, 4.69) is 21.8 Å². The SMILES string of the molecule is C=C/C=C1/C(N)=NC=NN1[C@H]1CCC(COP(NC(C)C(=O)OC2CCCCC2)Oc2ccccc2)O1. The van der Waals surface area contributed by atoms with Gasteiger partial charge in [0.25, 0.3) is 0 Å². The molecule has 0 bridgehead atoms. The Morgan fingerprint density at radius 3 is 2.81 bits per heavy atom. The fraction of sp³-hybridized carbons (Fsp3) is 0.500. The molecule has 2 aliphatic heterocycles. The van der Waals surface area contributed by atoms with E-state index in [4.69, 9.17) is 24.3 Å². The lowest BCUT2D eigenvalue weighted by atomic mass is 9.98. The second-order valence-corrected chi connectivity index (χ2v) is 10.4. The number of hydrazone groups is 1. The van der Waals surface area contributed by atoms with Gasteiger partial charge in [-0.15, -0.1) is 0 Å². The number of aliphatic imine (C=N–C) groups is 1. The van der Waals surface area contributed by atoms with Gasteiger partial charge in [0.15, 0.2) is 12.1 Å². The molecule has 3 aliphatic rings. The molecule has 1 aliphatic carbocycles. The second kappa shape index (κ2) is 13.7. The van der Waals surface area contributed by atoms with Crippen molar-refractivity contribution in [2.24, 2.45) is 15.8 Å². The summed E-state index contributed by atoms with van der Waals surface area (Å²) in [5.74, 6) is 0.715. The number of para-hydroxylation sites is 1. The molecular formula is C26H36N5O5P. The van der Waals surface area contributed by atoms with Gasteiger partial charge in [0.1, 0.15) is 29.9 Å². The molecule has 1 saturated heterocycles. The van der Waals surface area contributed by atoms with E-state index in [1.165, 1.54) is 12.8 Å². The first-order chi connectivity index (χ1) is 18.0. The molecule has 200 valence electrons. The fourth-order valence-corrected chi connectivity index (χ4v) is 5.58. The zero-order valence-electron chi connectivity index (χ0n) is 21.2. The zero-order valence-corrected chi connectivity index (χ0v) is 22.1. The molecule has 0 aromatic heterocycles. The van der Waals surface area contributed by atoms with Crippen LogP contribution in [0.5, 0.6) is 5.75 Å². The third-order valence-electron chi connectivity index (χ3n) is 6.31. The number of nitrogens with zero attached hydrogens (tertiary/aromatic N) is 3. The molecule has 0 radical (unpaired) electrons. The summed E-state index contributed by atoms with van der Waals surface area (Å²) in [5.41, 5.74) is 6.66. The number of amidine groups is 1. The van der Waals surface area contributed by atoms with E-state index in [9.17, 15) is 4.79 Å². The van der Waals surface area contributed by atoms with Crippen LogP contribution < -0.4 is 15.3 Å².